The van der Waals surface area contributed by atoms with Gasteiger partial charge in [0, 0.05) is 14.1 Å². The maximum absolute atomic E-state index is 13.8. The number of nitrogens with zero attached hydrogens (tertiary/aromatic N) is 3. The second-order valence-electron chi connectivity index (χ2n) is 4.69. The van der Waals surface area contributed by atoms with Crippen LogP contribution >= 0.6 is 11.3 Å². The SMILES string of the molecule is CNc1nc(CN(C)c2ccccc2F)nc2sccc12. The molecular weight excluding hydrogens is 287 g/mol. The van der Waals surface area contributed by atoms with Crippen LogP contribution in [0.1, 0.15) is 5.82 Å². The molecule has 0 radical (unpaired) electrons. The third kappa shape index (κ3) is 2.67. The van der Waals surface area contributed by atoms with Gasteiger partial charge in [-0.25, -0.2) is 14.4 Å². The fourth-order valence-electron chi connectivity index (χ4n) is 2.22. The quantitative estimate of drug-likeness (QED) is 0.801. The fraction of sp³-hybridized carbons (Fsp3) is 0.200. The van der Waals surface area contributed by atoms with Gasteiger partial charge in [-0.05, 0) is 23.6 Å². The van der Waals surface area contributed by atoms with Gasteiger partial charge in [0.15, 0.2) is 5.82 Å². The molecular formula is C15H15FN4S. The lowest BCUT2D eigenvalue weighted by atomic mass is 10.3. The van der Waals surface area contributed by atoms with Crippen LogP contribution in [-0.2, 0) is 6.54 Å². The van der Waals surface area contributed by atoms with Gasteiger partial charge in [0.2, 0.25) is 0 Å². The molecule has 3 aromatic rings. The molecule has 4 nitrogen and oxygen atoms in total. The molecule has 0 fully saturated rings. The second-order valence-corrected chi connectivity index (χ2v) is 5.58. The Morgan fingerprint density at radius 1 is 1.24 bits per heavy atom. The average molecular weight is 302 g/mol. The van der Waals surface area contributed by atoms with Gasteiger partial charge in [-0.3, -0.25) is 0 Å². The number of hydrogen-bond acceptors (Lipinski definition) is 5. The van der Waals surface area contributed by atoms with Crippen molar-refractivity contribution >= 4 is 33.1 Å². The molecule has 1 N–H and O–H groups in total. The predicted octanol–water partition coefficient (Wildman–Crippen LogP) is 3.51. The van der Waals surface area contributed by atoms with Crippen LogP contribution in [0.4, 0.5) is 15.9 Å². The third-order valence-electron chi connectivity index (χ3n) is 3.25. The number of rotatable bonds is 4. The van der Waals surface area contributed by atoms with Gasteiger partial charge >= 0.3 is 0 Å². The van der Waals surface area contributed by atoms with E-state index in [0.717, 1.165) is 16.0 Å². The lowest BCUT2D eigenvalue weighted by molar-refractivity contribution is 0.621. The van der Waals surface area contributed by atoms with Crippen LogP contribution < -0.4 is 10.2 Å². The summed E-state index contributed by atoms with van der Waals surface area (Å²) in [7, 11) is 3.67. The normalized spacial score (nSPS) is 10.8. The molecule has 0 unspecified atom stereocenters. The Balaban J connectivity index is 1.92. The predicted molar refractivity (Wildman–Crippen MR) is 85.5 cm³/mol. The standard InChI is InChI=1S/C15H15FN4S/c1-17-14-10-7-8-21-15(10)19-13(18-14)9-20(2)12-6-4-3-5-11(12)16/h3-8H,9H2,1-2H3,(H,17,18,19). The van der Waals surface area contributed by atoms with Crippen LogP contribution in [0.2, 0.25) is 0 Å². The van der Waals surface area contributed by atoms with Crippen LogP contribution in [0.25, 0.3) is 10.2 Å². The van der Waals surface area contributed by atoms with Crippen LogP contribution in [0.3, 0.4) is 0 Å². The van der Waals surface area contributed by atoms with E-state index in [1.807, 2.05) is 36.5 Å². The number of hydrogen-bond donors (Lipinski definition) is 1. The minimum Gasteiger partial charge on any atom is -0.372 e. The van der Waals surface area contributed by atoms with Crippen molar-refractivity contribution in [1.82, 2.24) is 9.97 Å². The van der Waals surface area contributed by atoms with Gasteiger partial charge in [0.05, 0.1) is 17.6 Å². The smallest absolute Gasteiger partial charge is 0.151 e. The Morgan fingerprint density at radius 2 is 2.05 bits per heavy atom. The van der Waals surface area contributed by atoms with Crippen LogP contribution in [0.15, 0.2) is 35.7 Å². The maximum atomic E-state index is 13.8. The number of halogens is 1. The first-order valence-corrected chi connectivity index (χ1v) is 7.44. The van der Waals surface area contributed by atoms with Gasteiger partial charge < -0.3 is 10.2 Å². The van der Waals surface area contributed by atoms with Gasteiger partial charge in [-0.2, -0.15) is 0 Å². The van der Waals surface area contributed by atoms with Crippen molar-refractivity contribution in [1.29, 1.82) is 0 Å². The van der Waals surface area contributed by atoms with Crippen LogP contribution in [0.5, 0.6) is 0 Å². The molecule has 0 atom stereocenters. The van der Waals surface area contributed by atoms with E-state index in [0.29, 0.717) is 18.1 Å². The summed E-state index contributed by atoms with van der Waals surface area (Å²) in [6.45, 7) is 0.448. The molecule has 0 bridgehead atoms. The largest absolute Gasteiger partial charge is 0.372 e. The number of fused-ring (bicyclic) bond motifs is 1. The molecule has 0 saturated heterocycles. The van der Waals surface area contributed by atoms with Crippen molar-refractivity contribution in [2.45, 2.75) is 6.54 Å². The van der Waals surface area contributed by atoms with Crippen molar-refractivity contribution in [3.63, 3.8) is 0 Å². The van der Waals surface area contributed by atoms with Crippen LogP contribution in [0, 0.1) is 5.82 Å². The number of para-hydroxylation sites is 1. The molecule has 21 heavy (non-hydrogen) atoms. The Bertz CT molecular complexity index is 771. The zero-order chi connectivity index (χ0) is 14.8. The summed E-state index contributed by atoms with van der Waals surface area (Å²) in [6, 6.07) is 8.69. The lowest BCUT2D eigenvalue weighted by Crippen LogP contribution is -2.19. The van der Waals surface area contributed by atoms with Gasteiger partial charge in [-0.1, -0.05) is 12.1 Å². The topological polar surface area (TPSA) is 41.1 Å². The van der Waals surface area contributed by atoms with E-state index in [2.05, 4.69) is 15.3 Å². The number of aromatic nitrogens is 2. The summed E-state index contributed by atoms with van der Waals surface area (Å²) in [5.41, 5.74) is 0.540. The van der Waals surface area contributed by atoms with Crippen molar-refractivity contribution in [2.24, 2.45) is 0 Å². The molecule has 0 amide bonds. The van der Waals surface area contributed by atoms with E-state index in [1.165, 1.54) is 6.07 Å². The molecule has 0 saturated carbocycles. The van der Waals surface area contributed by atoms with Gasteiger partial charge in [0.25, 0.3) is 0 Å². The number of thiophene rings is 1. The summed E-state index contributed by atoms with van der Waals surface area (Å²) in [6.07, 6.45) is 0. The van der Waals surface area contributed by atoms with E-state index in [1.54, 1.807) is 23.5 Å². The summed E-state index contributed by atoms with van der Waals surface area (Å²) in [5, 5.41) is 6.09. The third-order valence-corrected chi connectivity index (χ3v) is 4.06. The van der Waals surface area contributed by atoms with Crippen molar-refractivity contribution in [2.75, 3.05) is 24.3 Å². The van der Waals surface area contributed by atoms with E-state index < -0.39 is 0 Å². The molecule has 6 heteroatoms. The number of nitrogens with one attached hydrogen (secondary N) is 1. The highest BCUT2D eigenvalue weighted by Crippen LogP contribution is 2.26. The highest BCUT2D eigenvalue weighted by atomic mass is 32.1. The van der Waals surface area contributed by atoms with Crippen molar-refractivity contribution < 1.29 is 4.39 Å². The lowest BCUT2D eigenvalue weighted by Gasteiger charge is -2.19. The van der Waals surface area contributed by atoms with E-state index in [9.17, 15) is 4.39 Å². The van der Waals surface area contributed by atoms with Crippen molar-refractivity contribution in [3.05, 3.63) is 47.4 Å². The monoisotopic (exact) mass is 302 g/mol. The molecule has 0 spiro atoms. The zero-order valence-electron chi connectivity index (χ0n) is 11.8. The zero-order valence-corrected chi connectivity index (χ0v) is 12.6. The first kappa shape index (κ1) is 13.8. The molecule has 3 rings (SSSR count). The Labute approximate surface area is 126 Å². The highest BCUT2D eigenvalue weighted by Gasteiger charge is 2.12. The molecule has 0 aliphatic rings. The first-order valence-electron chi connectivity index (χ1n) is 6.56. The minimum absolute atomic E-state index is 0.244. The van der Waals surface area contributed by atoms with Crippen LogP contribution in [-0.4, -0.2) is 24.1 Å². The number of benzene rings is 1. The summed E-state index contributed by atoms with van der Waals surface area (Å²) in [4.78, 5) is 11.8. The summed E-state index contributed by atoms with van der Waals surface area (Å²) < 4.78 is 13.8. The summed E-state index contributed by atoms with van der Waals surface area (Å²) >= 11 is 1.57. The average Bonchev–Trinajstić information content (AvgIpc) is 2.95. The molecule has 0 aliphatic heterocycles. The maximum Gasteiger partial charge on any atom is 0.151 e. The highest BCUT2D eigenvalue weighted by molar-refractivity contribution is 7.16. The molecule has 2 heterocycles. The van der Waals surface area contributed by atoms with E-state index in [-0.39, 0.29) is 5.82 Å². The Morgan fingerprint density at radius 3 is 2.81 bits per heavy atom. The van der Waals surface area contributed by atoms with Gasteiger partial charge in [-0.15, -0.1) is 11.3 Å². The Hall–Kier alpha value is -2.21. The molecule has 1 aromatic carbocycles. The van der Waals surface area contributed by atoms with E-state index >= 15 is 0 Å². The molecule has 0 aliphatic carbocycles. The minimum atomic E-state index is -0.244. The van der Waals surface area contributed by atoms with E-state index in [4.69, 9.17) is 0 Å². The first-order chi connectivity index (χ1) is 10.2. The van der Waals surface area contributed by atoms with Crippen molar-refractivity contribution in [3.8, 4) is 0 Å². The fourth-order valence-corrected chi connectivity index (χ4v) is 3.00. The Kier molecular flexibility index (Phi) is 3.70. The van der Waals surface area contributed by atoms with Gasteiger partial charge in [0.1, 0.15) is 16.5 Å². The molecule has 2 aromatic heterocycles. The molecule has 108 valence electrons. The summed E-state index contributed by atoms with van der Waals surface area (Å²) in [5.74, 6) is 1.23. The number of anilines is 2. The second kappa shape index (κ2) is 5.65.